The average molecular weight is 374 g/mol. The van der Waals surface area contributed by atoms with Crippen molar-refractivity contribution in [3.8, 4) is 0 Å². The first-order valence-electron chi connectivity index (χ1n) is 9.24. The zero-order valence-electron chi connectivity index (χ0n) is 16.0. The van der Waals surface area contributed by atoms with Crippen molar-refractivity contribution in [1.29, 1.82) is 0 Å². The molecule has 2 aliphatic heterocycles. The first kappa shape index (κ1) is 19.2. The Morgan fingerprint density at radius 3 is 2.48 bits per heavy atom. The van der Waals surface area contributed by atoms with Crippen molar-refractivity contribution in [2.45, 2.75) is 63.9 Å². The number of rotatable bonds is 3. The van der Waals surface area contributed by atoms with Gasteiger partial charge in [0.2, 0.25) is 0 Å². The fourth-order valence-corrected chi connectivity index (χ4v) is 3.74. The van der Waals surface area contributed by atoms with E-state index in [0.29, 0.717) is 6.42 Å². The van der Waals surface area contributed by atoms with E-state index >= 15 is 0 Å². The maximum absolute atomic E-state index is 12.6. The summed E-state index contributed by atoms with van der Waals surface area (Å²) in [5, 5.41) is 0. The SMILES string of the molecule is CC(C)(C)OC(=O)N1[C@H]2CC[C@@H]1[C@@H](C=O)N(C(=O)OCc1ccccc1)C2. The van der Waals surface area contributed by atoms with Gasteiger partial charge in [-0.25, -0.2) is 9.59 Å². The monoisotopic (exact) mass is 374 g/mol. The predicted molar refractivity (Wildman–Crippen MR) is 98.1 cm³/mol. The van der Waals surface area contributed by atoms with E-state index in [4.69, 9.17) is 9.47 Å². The van der Waals surface area contributed by atoms with E-state index in [1.54, 1.807) is 25.7 Å². The number of carbonyl (C=O) groups excluding carboxylic acids is 3. The van der Waals surface area contributed by atoms with E-state index in [9.17, 15) is 14.4 Å². The zero-order valence-corrected chi connectivity index (χ0v) is 16.0. The van der Waals surface area contributed by atoms with Gasteiger partial charge in [0.25, 0.3) is 0 Å². The van der Waals surface area contributed by atoms with Crippen LogP contribution < -0.4 is 0 Å². The molecule has 2 amide bonds. The van der Waals surface area contributed by atoms with Crippen LogP contribution in [0.5, 0.6) is 0 Å². The van der Waals surface area contributed by atoms with Crippen LogP contribution in [-0.2, 0) is 20.9 Å². The average Bonchev–Trinajstić information content (AvgIpc) is 2.94. The predicted octanol–water partition coefficient (Wildman–Crippen LogP) is 2.97. The minimum absolute atomic E-state index is 0.146. The van der Waals surface area contributed by atoms with E-state index in [1.807, 2.05) is 30.3 Å². The number of likely N-dealkylation sites (tertiary alicyclic amines) is 1. The highest BCUT2D eigenvalue weighted by Crippen LogP contribution is 2.35. The molecule has 0 unspecified atom stereocenters. The van der Waals surface area contributed by atoms with E-state index in [2.05, 4.69) is 0 Å². The van der Waals surface area contributed by atoms with Gasteiger partial charge in [0.05, 0.1) is 12.1 Å². The Kier molecular flexibility index (Phi) is 5.39. The number of ether oxygens (including phenoxy) is 2. The molecule has 2 aliphatic rings. The van der Waals surface area contributed by atoms with Gasteiger partial charge in [0.15, 0.2) is 0 Å². The Morgan fingerprint density at radius 2 is 1.85 bits per heavy atom. The van der Waals surface area contributed by atoms with Crippen LogP contribution in [0.1, 0.15) is 39.2 Å². The fraction of sp³-hybridized carbons (Fsp3) is 0.550. The Balaban J connectivity index is 1.68. The summed E-state index contributed by atoms with van der Waals surface area (Å²) in [5.41, 5.74) is 0.266. The summed E-state index contributed by atoms with van der Waals surface area (Å²) in [4.78, 5) is 40.0. The van der Waals surface area contributed by atoms with Crippen LogP contribution in [0.15, 0.2) is 30.3 Å². The van der Waals surface area contributed by atoms with Crippen LogP contribution in [0.2, 0.25) is 0 Å². The van der Waals surface area contributed by atoms with E-state index in [0.717, 1.165) is 18.3 Å². The summed E-state index contributed by atoms with van der Waals surface area (Å²) in [6.07, 6.45) is 1.16. The van der Waals surface area contributed by atoms with Gasteiger partial charge < -0.3 is 14.3 Å². The number of aldehydes is 1. The van der Waals surface area contributed by atoms with Gasteiger partial charge in [-0.15, -0.1) is 0 Å². The lowest BCUT2D eigenvalue weighted by Gasteiger charge is -2.44. The normalized spacial score (nSPS) is 24.5. The first-order chi connectivity index (χ1) is 12.8. The highest BCUT2D eigenvalue weighted by Gasteiger charge is 2.51. The van der Waals surface area contributed by atoms with Gasteiger partial charge >= 0.3 is 12.2 Å². The van der Waals surface area contributed by atoms with Gasteiger partial charge in [0.1, 0.15) is 24.5 Å². The summed E-state index contributed by atoms with van der Waals surface area (Å²) in [7, 11) is 0. The van der Waals surface area contributed by atoms with E-state index in [-0.39, 0.29) is 25.2 Å². The quantitative estimate of drug-likeness (QED) is 0.760. The molecule has 0 aliphatic carbocycles. The molecule has 0 spiro atoms. The number of hydrogen-bond donors (Lipinski definition) is 0. The molecule has 3 atom stereocenters. The molecule has 1 aromatic carbocycles. The molecule has 7 heteroatoms. The lowest BCUT2D eigenvalue weighted by atomic mass is 10.1. The maximum Gasteiger partial charge on any atom is 0.410 e. The highest BCUT2D eigenvalue weighted by molar-refractivity contribution is 5.77. The highest BCUT2D eigenvalue weighted by atomic mass is 16.6. The lowest BCUT2D eigenvalue weighted by Crippen LogP contribution is -2.63. The van der Waals surface area contributed by atoms with Gasteiger partial charge in [-0.1, -0.05) is 30.3 Å². The summed E-state index contributed by atoms with van der Waals surface area (Å²) >= 11 is 0. The molecule has 2 saturated heterocycles. The molecule has 2 fully saturated rings. The topological polar surface area (TPSA) is 76.2 Å². The molecule has 2 bridgehead atoms. The van der Waals surface area contributed by atoms with Crippen LogP contribution in [0.25, 0.3) is 0 Å². The van der Waals surface area contributed by atoms with Crippen molar-refractivity contribution in [3.05, 3.63) is 35.9 Å². The third kappa shape index (κ3) is 4.23. The molecule has 0 saturated carbocycles. The molecule has 3 rings (SSSR count). The summed E-state index contributed by atoms with van der Waals surface area (Å²) in [6.45, 7) is 5.84. The summed E-state index contributed by atoms with van der Waals surface area (Å²) in [6, 6.07) is 8.11. The number of piperazine rings is 1. The minimum atomic E-state index is -0.723. The molecule has 7 nitrogen and oxygen atoms in total. The lowest BCUT2D eigenvalue weighted by molar-refractivity contribution is -0.116. The van der Waals surface area contributed by atoms with E-state index < -0.39 is 23.8 Å². The third-order valence-electron chi connectivity index (χ3n) is 4.89. The molecule has 146 valence electrons. The van der Waals surface area contributed by atoms with Crippen molar-refractivity contribution in [2.75, 3.05) is 6.54 Å². The van der Waals surface area contributed by atoms with Gasteiger partial charge in [0, 0.05) is 6.54 Å². The number of fused-ring (bicyclic) bond motifs is 2. The van der Waals surface area contributed by atoms with Crippen molar-refractivity contribution in [2.24, 2.45) is 0 Å². The second kappa shape index (κ2) is 7.58. The zero-order chi connectivity index (χ0) is 19.6. The van der Waals surface area contributed by atoms with E-state index in [1.165, 1.54) is 4.90 Å². The first-order valence-corrected chi connectivity index (χ1v) is 9.24. The third-order valence-corrected chi connectivity index (χ3v) is 4.89. The second-order valence-corrected chi connectivity index (χ2v) is 8.01. The minimum Gasteiger partial charge on any atom is -0.445 e. The number of amides is 2. The fourth-order valence-electron chi connectivity index (χ4n) is 3.74. The standard InChI is InChI=1S/C20H26N2O5/c1-20(2,3)27-19(25)22-15-9-10-16(22)17(12-23)21(11-15)18(24)26-13-14-7-5-4-6-8-14/h4-8,12,15-17H,9-11,13H2,1-3H3/t15-,16+,17+/m0/s1. The Labute approximate surface area is 159 Å². The molecule has 0 aromatic heterocycles. The summed E-state index contributed by atoms with van der Waals surface area (Å²) < 4.78 is 10.9. The number of benzene rings is 1. The van der Waals surface area contributed by atoms with Crippen LogP contribution in [0.3, 0.4) is 0 Å². The largest absolute Gasteiger partial charge is 0.445 e. The van der Waals surface area contributed by atoms with Gasteiger partial charge in [-0.2, -0.15) is 0 Å². The maximum atomic E-state index is 12.6. The summed E-state index contributed by atoms with van der Waals surface area (Å²) in [5.74, 6) is 0. The Hall–Kier alpha value is -2.57. The van der Waals surface area contributed by atoms with Crippen molar-refractivity contribution in [3.63, 3.8) is 0 Å². The number of carbonyl (C=O) groups is 3. The Bertz CT molecular complexity index is 700. The van der Waals surface area contributed by atoms with Gasteiger partial charge in [-0.3, -0.25) is 9.80 Å². The molecular formula is C20H26N2O5. The Morgan fingerprint density at radius 1 is 1.15 bits per heavy atom. The molecule has 27 heavy (non-hydrogen) atoms. The molecule has 1 aromatic rings. The molecular weight excluding hydrogens is 348 g/mol. The van der Waals surface area contributed by atoms with Crippen LogP contribution >= 0.6 is 0 Å². The van der Waals surface area contributed by atoms with Gasteiger partial charge in [-0.05, 0) is 39.2 Å². The smallest absolute Gasteiger partial charge is 0.410 e. The van der Waals surface area contributed by atoms with Crippen molar-refractivity contribution in [1.82, 2.24) is 9.80 Å². The van der Waals surface area contributed by atoms with Crippen LogP contribution in [-0.4, -0.2) is 58.5 Å². The number of hydrogen-bond acceptors (Lipinski definition) is 5. The van der Waals surface area contributed by atoms with Crippen LogP contribution in [0, 0.1) is 0 Å². The molecule has 0 radical (unpaired) electrons. The van der Waals surface area contributed by atoms with Crippen molar-refractivity contribution >= 4 is 18.5 Å². The van der Waals surface area contributed by atoms with Crippen LogP contribution in [0.4, 0.5) is 9.59 Å². The second-order valence-electron chi connectivity index (χ2n) is 8.01. The van der Waals surface area contributed by atoms with Crippen molar-refractivity contribution < 1.29 is 23.9 Å². The molecule has 2 heterocycles. The molecule has 0 N–H and O–H groups in total. The number of nitrogens with zero attached hydrogens (tertiary/aromatic N) is 2.